The van der Waals surface area contributed by atoms with Crippen LogP contribution >= 0.6 is 11.3 Å². The van der Waals surface area contributed by atoms with E-state index in [4.69, 9.17) is 5.73 Å². The van der Waals surface area contributed by atoms with Crippen LogP contribution in [0.25, 0.3) is 0 Å². The van der Waals surface area contributed by atoms with Crippen molar-refractivity contribution in [2.24, 2.45) is 0 Å². The van der Waals surface area contributed by atoms with E-state index in [1.165, 1.54) is 11.3 Å². The van der Waals surface area contributed by atoms with Gasteiger partial charge in [-0.15, -0.1) is 11.3 Å². The van der Waals surface area contributed by atoms with Crippen molar-refractivity contribution in [3.63, 3.8) is 0 Å². The van der Waals surface area contributed by atoms with Gasteiger partial charge in [-0.25, -0.2) is 0 Å². The molecule has 3 nitrogen and oxygen atoms in total. The van der Waals surface area contributed by atoms with E-state index in [0.29, 0.717) is 16.3 Å². The van der Waals surface area contributed by atoms with Crippen LogP contribution in [0.1, 0.15) is 25.7 Å². The number of benzene rings is 1. The molecule has 2 aromatic rings. The van der Waals surface area contributed by atoms with Crippen LogP contribution in [0.15, 0.2) is 24.3 Å². The highest BCUT2D eigenvalue weighted by atomic mass is 32.1. The van der Waals surface area contributed by atoms with Crippen molar-refractivity contribution >= 4 is 28.6 Å². The topological polar surface area (TPSA) is 55.1 Å². The number of nitrogen functional groups attached to an aromatic ring is 1. The Morgan fingerprint density at radius 3 is 2.44 bits per heavy atom. The SMILES string of the molecule is Cc1ccc(C(=O)Nc2cc(C)c(C)cc2N)s1. The zero-order valence-corrected chi connectivity index (χ0v) is 11.5. The highest BCUT2D eigenvalue weighted by Crippen LogP contribution is 2.24. The number of hydrogen-bond donors (Lipinski definition) is 2. The average Bonchev–Trinajstić information content (AvgIpc) is 2.73. The molecule has 0 spiro atoms. The van der Waals surface area contributed by atoms with E-state index in [1.54, 1.807) is 0 Å². The number of amides is 1. The highest BCUT2D eigenvalue weighted by molar-refractivity contribution is 7.14. The maximum Gasteiger partial charge on any atom is 0.265 e. The normalized spacial score (nSPS) is 10.4. The van der Waals surface area contributed by atoms with Gasteiger partial charge in [-0.3, -0.25) is 4.79 Å². The molecule has 0 aliphatic carbocycles. The van der Waals surface area contributed by atoms with Gasteiger partial charge in [0, 0.05) is 4.88 Å². The maximum absolute atomic E-state index is 12.0. The molecule has 4 heteroatoms. The van der Waals surface area contributed by atoms with Crippen molar-refractivity contribution in [2.45, 2.75) is 20.8 Å². The van der Waals surface area contributed by atoms with Gasteiger partial charge < -0.3 is 11.1 Å². The van der Waals surface area contributed by atoms with E-state index >= 15 is 0 Å². The molecule has 0 aliphatic heterocycles. The Kier molecular flexibility index (Phi) is 3.39. The Morgan fingerprint density at radius 2 is 1.83 bits per heavy atom. The Labute approximate surface area is 111 Å². The van der Waals surface area contributed by atoms with E-state index in [2.05, 4.69) is 5.32 Å². The van der Waals surface area contributed by atoms with Crippen molar-refractivity contribution in [1.29, 1.82) is 0 Å². The van der Waals surface area contributed by atoms with Crippen molar-refractivity contribution < 1.29 is 4.79 Å². The van der Waals surface area contributed by atoms with Crippen LogP contribution in [0.4, 0.5) is 11.4 Å². The Morgan fingerprint density at radius 1 is 1.17 bits per heavy atom. The Hall–Kier alpha value is -1.81. The molecule has 0 unspecified atom stereocenters. The average molecular weight is 260 g/mol. The summed E-state index contributed by atoms with van der Waals surface area (Å²) in [5.74, 6) is -0.108. The van der Waals surface area contributed by atoms with Crippen molar-refractivity contribution in [3.05, 3.63) is 45.1 Å². The van der Waals surface area contributed by atoms with Crippen LogP contribution in [0.2, 0.25) is 0 Å². The number of aryl methyl sites for hydroxylation is 3. The second-order valence-corrected chi connectivity index (χ2v) is 5.68. The Bertz CT molecular complexity index is 602. The van der Waals surface area contributed by atoms with Gasteiger partial charge in [0.1, 0.15) is 0 Å². The lowest BCUT2D eigenvalue weighted by Crippen LogP contribution is -2.12. The molecule has 0 aliphatic rings. The van der Waals surface area contributed by atoms with Gasteiger partial charge in [-0.05, 0) is 56.2 Å². The number of carbonyl (C=O) groups is 1. The Balaban J connectivity index is 2.24. The molecule has 1 heterocycles. The number of nitrogens with two attached hydrogens (primary N) is 1. The first kappa shape index (κ1) is 12.6. The molecule has 0 radical (unpaired) electrons. The fourth-order valence-corrected chi connectivity index (χ4v) is 2.45. The summed E-state index contributed by atoms with van der Waals surface area (Å²) in [6.45, 7) is 5.98. The molecule has 94 valence electrons. The van der Waals surface area contributed by atoms with E-state index in [1.807, 2.05) is 45.0 Å². The number of rotatable bonds is 2. The monoisotopic (exact) mass is 260 g/mol. The number of anilines is 2. The third kappa shape index (κ3) is 2.54. The zero-order chi connectivity index (χ0) is 13.3. The number of nitrogens with one attached hydrogen (secondary N) is 1. The molecule has 3 N–H and O–H groups in total. The second-order valence-electron chi connectivity index (χ2n) is 4.39. The molecular weight excluding hydrogens is 244 g/mol. The summed E-state index contributed by atoms with van der Waals surface area (Å²) >= 11 is 1.48. The molecule has 0 bridgehead atoms. The second kappa shape index (κ2) is 4.82. The smallest absolute Gasteiger partial charge is 0.265 e. The van der Waals surface area contributed by atoms with E-state index in [-0.39, 0.29) is 5.91 Å². The molecule has 0 saturated heterocycles. The van der Waals surface area contributed by atoms with Crippen LogP contribution < -0.4 is 11.1 Å². The minimum atomic E-state index is -0.108. The lowest BCUT2D eigenvalue weighted by molar-refractivity contribution is 0.103. The van der Waals surface area contributed by atoms with Gasteiger partial charge in [0.15, 0.2) is 0 Å². The standard InChI is InChI=1S/C14H16N2OS/c1-8-6-11(15)12(7-9(8)2)16-14(17)13-5-4-10(3)18-13/h4-7H,15H2,1-3H3,(H,16,17). The summed E-state index contributed by atoms with van der Waals surface area (Å²) in [6.07, 6.45) is 0. The molecule has 0 atom stereocenters. The van der Waals surface area contributed by atoms with E-state index in [0.717, 1.165) is 16.0 Å². The molecule has 0 fully saturated rings. The van der Waals surface area contributed by atoms with Crippen LogP contribution in [0.5, 0.6) is 0 Å². The van der Waals surface area contributed by atoms with Crippen LogP contribution in [0.3, 0.4) is 0 Å². The van der Waals surface area contributed by atoms with Gasteiger partial charge in [-0.1, -0.05) is 0 Å². The third-order valence-electron chi connectivity index (χ3n) is 2.88. The number of carbonyl (C=O) groups excluding carboxylic acids is 1. The molecule has 1 aromatic heterocycles. The van der Waals surface area contributed by atoms with Crippen LogP contribution in [0, 0.1) is 20.8 Å². The van der Waals surface area contributed by atoms with Gasteiger partial charge in [0.2, 0.25) is 0 Å². The first-order chi connectivity index (χ1) is 8.47. The van der Waals surface area contributed by atoms with E-state index in [9.17, 15) is 4.79 Å². The predicted molar refractivity (Wildman–Crippen MR) is 77.3 cm³/mol. The molecular formula is C14H16N2OS. The summed E-state index contributed by atoms with van der Waals surface area (Å²) < 4.78 is 0. The maximum atomic E-state index is 12.0. The fraction of sp³-hybridized carbons (Fsp3) is 0.214. The van der Waals surface area contributed by atoms with Crippen molar-refractivity contribution in [1.82, 2.24) is 0 Å². The zero-order valence-electron chi connectivity index (χ0n) is 10.7. The minimum Gasteiger partial charge on any atom is -0.397 e. The quantitative estimate of drug-likeness (QED) is 0.812. The largest absolute Gasteiger partial charge is 0.397 e. The minimum absolute atomic E-state index is 0.108. The van der Waals surface area contributed by atoms with Crippen molar-refractivity contribution in [2.75, 3.05) is 11.1 Å². The predicted octanol–water partition coefficient (Wildman–Crippen LogP) is 3.51. The number of hydrogen-bond acceptors (Lipinski definition) is 3. The van der Waals surface area contributed by atoms with E-state index < -0.39 is 0 Å². The van der Waals surface area contributed by atoms with Gasteiger partial charge in [-0.2, -0.15) is 0 Å². The number of thiophene rings is 1. The van der Waals surface area contributed by atoms with Gasteiger partial charge >= 0.3 is 0 Å². The lowest BCUT2D eigenvalue weighted by atomic mass is 10.1. The van der Waals surface area contributed by atoms with Gasteiger partial charge in [0.05, 0.1) is 16.3 Å². The first-order valence-corrected chi connectivity index (χ1v) is 6.53. The molecule has 2 rings (SSSR count). The summed E-state index contributed by atoms with van der Waals surface area (Å²) in [5, 5.41) is 2.85. The summed E-state index contributed by atoms with van der Waals surface area (Å²) in [4.78, 5) is 13.8. The van der Waals surface area contributed by atoms with Crippen LogP contribution in [-0.4, -0.2) is 5.91 Å². The molecule has 1 amide bonds. The summed E-state index contributed by atoms with van der Waals surface area (Å²) in [7, 11) is 0. The summed E-state index contributed by atoms with van der Waals surface area (Å²) in [5.41, 5.74) is 9.42. The van der Waals surface area contributed by atoms with Crippen LogP contribution in [-0.2, 0) is 0 Å². The molecule has 1 aromatic carbocycles. The molecule has 0 saturated carbocycles. The first-order valence-electron chi connectivity index (χ1n) is 5.72. The lowest BCUT2D eigenvalue weighted by Gasteiger charge is -2.10. The summed E-state index contributed by atoms with van der Waals surface area (Å²) in [6, 6.07) is 7.55. The third-order valence-corrected chi connectivity index (χ3v) is 3.88. The van der Waals surface area contributed by atoms with Gasteiger partial charge in [0.25, 0.3) is 5.91 Å². The molecule has 18 heavy (non-hydrogen) atoms. The van der Waals surface area contributed by atoms with Crippen molar-refractivity contribution in [3.8, 4) is 0 Å². The fourth-order valence-electron chi connectivity index (χ4n) is 1.69. The highest BCUT2D eigenvalue weighted by Gasteiger charge is 2.10.